The number of carbonyl (C=O) groups is 7. The Bertz CT molecular complexity index is 1620. The smallest absolute Gasteiger partial charge is 0.303 e. The van der Waals surface area contributed by atoms with Gasteiger partial charge in [0.1, 0.15) is 55.8 Å². The molecule has 23 nitrogen and oxygen atoms in total. The summed E-state index contributed by atoms with van der Waals surface area (Å²) in [7, 11) is 0. The first-order valence-corrected chi connectivity index (χ1v) is 18.5. The van der Waals surface area contributed by atoms with E-state index in [1.807, 2.05) is 0 Å². The van der Waals surface area contributed by atoms with E-state index in [0.29, 0.717) is 0 Å². The molecule has 0 aromatic heterocycles. The summed E-state index contributed by atoms with van der Waals surface area (Å²) in [4.78, 5) is 87.3. The van der Waals surface area contributed by atoms with Gasteiger partial charge in [-0.25, -0.2) is 0 Å². The van der Waals surface area contributed by atoms with Crippen LogP contribution < -0.4 is 0 Å². The maximum absolute atomic E-state index is 12.8. The zero-order chi connectivity index (χ0) is 47.0. The Morgan fingerprint density at radius 2 is 0.897 bits per heavy atom. The van der Waals surface area contributed by atoms with E-state index in [2.05, 4.69) is 15.9 Å². The van der Waals surface area contributed by atoms with Gasteiger partial charge in [0.05, 0.1) is 18.7 Å². The molecule has 0 unspecified atom stereocenters. The zero-order valence-corrected chi connectivity index (χ0v) is 33.8. The molecule has 0 bridgehead atoms. The highest BCUT2D eigenvalue weighted by atomic mass is 79.9. The molecule has 0 aromatic rings. The number of aliphatic hydroxyl groups is 3. The predicted molar refractivity (Wildman–Crippen MR) is 186 cm³/mol. The van der Waals surface area contributed by atoms with Gasteiger partial charge in [0.25, 0.3) is 0 Å². The molecule has 0 aliphatic carbocycles. The molecule has 3 N–H and O–H groups in total. The Hall–Kier alpha value is -3.59. The van der Waals surface area contributed by atoms with Crippen molar-refractivity contribution in [3.05, 3.63) is 0 Å². The van der Waals surface area contributed by atoms with Gasteiger partial charge in [0, 0.05) is 53.8 Å². The van der Waals surface area contributed by atoms with Gasteiger partial charge in [0.15, 0.2) is 49.4 Å². The van der Waals surface area contributed by atoms with Crippen LogP contribution in [0.5, 0.6) is 0 Å². The maximum atomic E-state index is 12.8. The molecule has 0 saturated carbocycles. The minimum Gasteiger partial charge on any atom is -0.463 e. The number of aliphatic hydroxyl groups excluding tert-OH is 3. The standard InChI is InChI=1S/C34H49BrO23/c1-13(37)47-11-21-26(49-15(3)39)28(50-16(4)40)30(52-18(6)42)34(55-21)58-27-22(12-48-14(2)38)56-33(31(53-19(7)43)29(27)51-17(5)41)57-25-20(10-36)54-32(46-9-8-35)24(45)23(25)44/h20-34,36,44-45H,8-12H2,1-7H3/t20-,21-,22-,23-,24-,25-,26+,27+,28+,29+,30-,31-,32+,33+,34+/m1/s1/i11D2,12D2. The summed E-state index contributed by atoms with van der Waals surface area (Å²) < 4.78 is 106. The van der Waals surface area contributed by atoms with Crippen LogP contribution in [0.3, 0.4) is 0 Å². The van der Waals surface area contributed by atoms with Crippen molar-refractivity contribution in [1.29, 1.82) is 0 Å². The van der Waals surface area contributed by atoms with Crippen LogP contribution in [0.1, 0.15) is 53.9 Å². The maximum Gasteiger partial charge on any atom is 0.303 e. The van der Waals surface area contributed by atoms with E-state index in [4.69, 9.17) is 67.1 Å². The van der Waals surface area contributed by atoms with Crippen molar-refractivity contribution in [2.45, 2.75) is 141 Å². The van der Waals surface area contributed by atoms with Gasteiger partial charge in [0.2, 0.25) is 0 Å². The van der Waals surface area contributed by atoms with E-state index in [9.17, 15) is 48.9 Å². The number of alkyl halides is 1. The van der Waals surface area contributed by atoms with Crippen LogP contribution in [0.25, 0.3) is 0 Å². The van der Waals surface area contributed by atoms with Gasteiger partial charge in [-0.05, 0) is 0 Å². The van der Waals surface area contributed by atoms with E-state index in [-0.39, 0.29) is 11.9 Å². The molecule has 0 spiro atoms. The normalized spacial score (nSPS) is 36.3. The average Bonchev–Trinajstić information content (AvgIpc) is 3.11. The highest BCUT2D eigenvalue weighted by Crippen LogP contribution is 2.37. The minimum absolute atomic E-state index is 0.0269. The summed E-state index contributed by atoms with van der Waals surface area (Å²) in [6.45, 7) is -1.79. The first-order chi connectivity index (χ1) is 28.7. The summed E-state index contributed by atoms with van der Waals surface area (Å²) >= 11 is 3.13. The Kier molecular flexibility index (Phi) is 16.6. The quantitative estimate of drug-likeness (QED) is 0.0796. The highest BCUT2D eigenvalue weighted by molar-refractivity contribution is 9.09. The van der Waals surface area contributed by atoms with E-state index in [1.165, 1.54) is 0 Å². The second kappa shape index (κ2) is 22.7. The van der Waals surface area contributed by atoms with Gasteiger partial charge < -0.3 is 76.9 Å². The van der Waals surface area contributed by atoms with Gasteiger partial charge >= 0.3 is 41.8 Å². The fourth-order valence-corrected chi connectivity index (χ4v) is 6.08. The second-order valence-corrected chi connectivity index (χ2v) is 13.4. The minimum atomic E-state index is -3.42. The molecule has 3 aliphatic rings. The number of rotatable bonds is 17. The summed E-state index contributed by atoms with van der Waals surface area (Å²) in [5.41, 5.74) is 0. The topological polar surface area (TPSA) is 300 Å². The number of carbonyl (C=O) groups excluding carboxylic acids is 7. The van der Waals surface area contributed by atoms with Gasteiger partial charge in [-0.2, -0.15) is 0 Å². The fourth-order valence-electron chi connectivity index (χ4n) is 5.90. The van der Waals surface area contributed by atoms with Crippen LogP contribution in [0.2, 0.25) is 0 Å². The van der Waals surface area contributed by atoms with E-state index < -0.39 is 154 Å². The molecule has 15 atom stereocenters. The molecular formula is C34H49BrO23. The van der Waals surface area contributed by atoms with Crippen LogP contribution >= 0.6 is 15.9 Å². The molecule has 0 aromatic carbocycles. The van der Waals surface area contributed by atoms with E-state index in [1.54, 1.807) is 0 Å². The Morgan fingerprint density at radius 1 is 0.517 bits per heavy atom. The van der Waals surface area contributed by atoms with E-state index >= 15 is 0 Å². The largest absolute Gasteiger partial charge is 0.463 e. The molecule has 3 fully saturated rings. The zero-order valence-electron chi connectivity index (χ0n) is 36.2. The lowest BCUT2D eigenvalue weighted by atomic mass is 9.95. The molecule has 330 valence electrons. The molecule has 3 saturated heterocycles. The SMILES string of the molecule is [2H]C([2H])(OC(C)=O)[C@H]1O[C@@H](O[C@@H]2[C@H](OC(C)=O)[C@@H](OC(C)=O)[C@H](O[C@H]3[C@H](O)[C@@H](O)[C@@H](OCCBr)O[C@@H]3CO)O[C@@H]2C([2H])([2H])OC(C)=O)[C@H](OC(C)=O)[C@@H](OC(C)=O)[C@H]1OC(C)=O. The van der Waals surface area contributed by atoms with Crippen molar-refractivity contribution in [3.63, 3.8) is 0 Å². The molecule has 58 heavy (non-hydrogen) atoms. The van der Waals surface area contributed by atoms with Crippen molar-refractivity contribution >= 4 is 57.7 Å². The van der Waals surface area contributed by atoms with E-state index in [0.717, 1.165) is 48.5 Å². The Labute approximate surface area is 345 Å². The first-order valence-electron chi connectivity index (χ1n) is 19.4. The number of hydrogen-bond donors (Lipinski definition) is 3. The van der Waals surface area contributed by atoms with Crippen LogP contribution in [0, 0.1) is 0 Å². The van der Waals surface area contributed by atoms with Crippen molar-refractivity contribution in [2.75, 3.05) is 31.7 Å². The number of esters is 7. The molecule has 3 heterocycles. The lowest BCUT2D eigenvalue weighted by Crippen LogP contribution is -2.68. The number of ether oxygens (including phenoxy) is 13. The molecular weight excluding hydrogens is 856 g/mol. The van der Waals surface area contributed by atoms with Gasteiger partial charge in [-0.15, -0.1) is 0 Å². The summed E-state index contributed by atoms with van der Waals surface area (Å²) in [5.74, 6) is -8.29. The molecule has 0 amide bonds. The molecule has 3 rings (SSSR count). The molecule has 0 radical (unpaired) electrons. The van der Waals surface area contributed by atoms with Crippen molar-refractivity contribution in [2.24, 2.45) is 0 Å². The predicted octanol–water partition coefficient (Wildman–Crippen LogP) is -2.16. The third-order valence-electron chi connectivity index (χ3n) is 7.90. The third-order valence-corrected chi connectivity index (χ3v) is 8.22. The van der Waals surface area contributed by atoms with Crippen LogP contribution in [0.4, 0.5) is 0 Å². The Morgan fingerprint density at radius 3 is 1.31 bits per heavy atom. The lowest BCUT2D eigenvalue weighted by molar-refractivity contribution is -0.379. The summed E-state index contributed by atoms with van der Waals surface area (Å²) in [5, 5.41) is 32.5. The summed E-state index contributed by atoms with van der Waals surface area (Å²) in [6.07, 6.45) is -31.2. The highest BCUT2D eigenvalue weighted by Gasteiger charge is 2.59. The molecule has 24 heteroatoms. The van der Waals surface area contributed by atoms with Crippen LogP contribution in [-0.4, -0.2) is 181 Å². The summed E-state index contributed by atoms with van der Waals surface area (Å²) in [6, 6.07) is 0. The number of halogens is 1. The van der Waals surface area contributed by atoms with Crippen LogP contribution in [-0.2, 0) is 95.1 Å². The molecule has 3 aliphatic heterocycles. The fraction of sp³-hybridized carbons (Fsp3) is 0.794. The third kappa shape index (κ3) is 13.7. The first kappa shape index (κ1) is 42.5. The lowest BCUT2D eigenvalue weighted by Gasteiger charge is -2.50. The monoisotopic (exact) mass is 908 g/mol. The van der Waals surface area contributed by atoms with Gasteiger partial charge in [-0.3, -0.25) is 33.6 Å². The number of hydrogen-bond acceptors (Lipinski definition) is 23. The second-order valence-electron chi connectivity index (χ2n) is 12.6. The Balaban J connectivity index is 2.31. The van der Waals surface area contributed by atoms with Crippen LogP contribution in [0.15, 0.2) is 0 Å². The van der Waals surface area contributed by atoms with Crippen molar-refractivity contribution in [1.82, 2.24) is 0 Å². The van der Waals surface area contributed by atoms with Crippen molar-refractivity contribution in [3.8, 4) is 0 Å². The van der Waals surface area contributed by atoms with Crippen molar-refractivity contribution < 1.29 is 116 Å². The average molecular weight is 910 g/mol. The van der Waals surface area contributed by atoms with Gasteiger partial charge in [-0.1, -0.05) is 15.9 Å².